The largest absolute Gasteiger partial charge is 0.239 e. The Morgan fingerprint density at radius 3 is 2.25 bits per heavy atom. The summed E-state index contributed by atoms with van der Waals surface area (Å²) in [7, 11) is 0. The Morgan fingerprint density at radius 1 is 1.06 bits per heavy atom. The summed E-state index contributed by atoms with van der Waals surface area (Å²) in [6.07, 6.45) is 1.24. The Hall–Kier alpha value is -0.860. The lowest BCUT2D eigenvalue weighted by Gasteiger charge is -2.32. The van der Waals surface area contributed by atoms with Crippen LogP contribution in [-0.4, -0.2) is 29.1 Å². The normalized spacial score (nSPS) is 27.4. The predicted molar refractivity (Wildman–Crippen MR) is 68.0 cm³/mol. The monoisotopic (exact) mass is 218 g/mol. The Morgan fingerprint density at radius 2 is 1.69 bits per heavy atom. The molecule has 2 unspecified atom stereocenters. The fraction of sp³-hybridized carbons (Fsp3) is 0.571. The fourth-order valence-corrected chi connectivity index (χ4v) is 2.88. The lowest BCUT2D eigenvalue weighted by Crippen LogP contribution is -2.40. The third-order valence-electron chi connectivity index (χ3n) is 3.60. The van der Waals surface area contributed by atoms with Crippen molar-refractivity contribution in [3.05, 3.63) is 35.9 Å². The van der Waals surface area contributed by atoms with Gasteiger partial charge in [-0.05, 0) is 18.9 Å². The van der Waals surface area contributed by atoms with E-state index >= 15 is 0 Å². The highest BCUT2D eigenvalue weighted by Crippen LogP contribution is 2.35. The van der Waals surface area contributed by atoms with Crippen LogP contribution in [0.4, 0.5) is 0 Å². The van der Waals surface area contributed by atoms with E-state index in [4.69, 9.17) is 0 Å². The summed E-state index contributed by atoms with van der Waals surface area (Å²) in [6, 6.07) is 12.1. The van der Waals surface area contributed by atoms with Crippen LogP contribution in [0.2, 0.25) is 0 Å². The highest BCUT2D eigenvalue weighted by Gasteiger charge is 2.35. The van der Waals surface area contributed by atoms with Crippen LogP contribution in [0.15, 0.2) is 30.3 Å². The van der Waals surface area contributed by atoms with E-state index < -0.39 is 0 Å². The van der Waals surface area contributed by atoms with Crippen molar-refractivity contribution in [2.75, 3.05) is 13.1 Å². The Kier molecular flexibility index (Phi) is 3.62. The molecule has 1 fully saturated rings. The molecule has 1 heterocycles. The molecule has 2 rings (SSSR count). The van der Waals surface area contributed by atoms with E-state index in [9.17, 15) is 0 Å². The summed E-state index contributed by atoms with van der Waals surface area (Å²) in [6.45, 7) is 9.02. The summed E-state index contributed by atoms with van der Waals surface area (Å²) in [5.74, 6) is 0. The molecular formula is C14H22N2. The minimum atomic E-state index is 0.571. The summed E-state index contributed by atoms with van der Waals surface area (Å²) in [4.78, 5) is 0. The minimum absolute atomic E-state index is 0.571. The van der Waals surface area contributed by atoms with Gasteiger partial charge in [0.05, 0.1) is 6.04 Å². The van der Waals surface area contributed by atoms with Crippen LogP contribution in [0.1, 0.15) is 38.8 Å². The summed E-state index contributed by atoms with van der Waals surface area (Å²) in [5, 5.41) is 5.01. The molecule has 0 radical (unpaired) electrons. The molecule has 1 saturated heterocycles. The van der Waals surface area contributed by atoms with Crippen molar-refractivity contribution in [2.45, 2.75) is 39.3 Å². The van der Waals surface area contributed by atoms with E-state index in [1.54, 1.807) is 0 Å². The number of benzene rings is 1. The minimum Gasteiger partial charge on any atom is -0.239 e. The molecule has 1 aromatic rings. The van der Waals surface area contributed by atoms with Crippen molar-refractivity contribution < 1.29 is 0 Å². The molecule has 0 bridgehead atoms. The SMILES string of the molecule is CCN1C(C)CC(c2ccccc2)N1CC. The molecule has 2 atom stereocenters. The van der Waals surface area contributed by atoms with Crippen LogP contribution in [-0.2, 0) is 0 Å². The second-order valence-corrected chi connectivity index (χ2v) is 4.52. The van der Waals surface area contributed by atoms with Crippen molar-refractivity contribution in [1.29, 1.82) is 0 Å². The van der Waals surface area contributed by atoms with Crippen molar-refractivity contribution in [2.24, 2.45) is 0 Å². The second-order valence-electron chi connectivity index (χ2n) is 4.52. The van der Waals surface area contributed by atoms with Crippen LogP contribution in [0.5, 0.6) is 0 Å². The van der Waals surface area contributed by atoms with Gasteiger partial charge in [0.15, 0.2) is 0 Å². The van der Waals surface area contributed by atoms with E-state index in [-0.39, 0.29) is 0 Å². The highest BCUT2D eigenvalue weighted by atomic mass is 15.7. The van der Waals surface area contributed by atoms with Gasteiger partial charge in [-0.3, -0.25) is 0 Å². The standard InChI is InChI=1S/C14H22N2/c1-4-15-12(3)11-14(16(15)5-2)13-9-7-6-8-10-13/h6-10,12,14H,4-5,11H2,1-3H3. The number of nitrogens with zero attached hydrogens (tertiary/aromatic N) is 2. The average Bonchev–Trinajstić information content (AvgIpc) is 2.66. The zero-order chi connectivity index (χ0) is 11.5. The first-order valence-corrected chi connectivity index (χ1v) is 6.36. The summed E-state index contributed by atoms with van der Waals surface area (Å²) >= 11 is 0. The smallest absolute Gasteiger partial charge is 0.0510 e. The molecule has 1 aliphatic heterocycles. The van der Waals surface area contributed by atoms with Gasteiger partial charge in [0.2, 0.25) is 0 Å². The van der Waals surface area contributed by atoms with Gasteiger partial charge in [-0.15, -0.1) is 0 Å². The molecular weight excluding hydrogens is 196 g/mol. The highest BCUT2D eigenvalue weighted by molar-refractivity contribution is 5.20. The maximum Gasteiger partial charge on any atom is 0.0510 e. The second kappa shape index (κ2) is 4.98. The third kappa shape index (κ3) is 2.00. The molecule has 2 heteroatoms. The number of hydrogen-bond donors (Lipinski definition) is 0. The van der Waals surface area contributed by atoms with E-state index in [2.05, 4.69) is 61.1 Å². The number of rotatable bonds is 3. The predicted octanol–water partition coefficient (Wildman–Crippen LogP) is 3.08. The van der Waals surface area contributed by atoms with Gasteiger partial charge in [0, 0.05) is 19.1 Å². The van der Waals surface area contributed by atoms with Crippen LogP contribution in [0, 0.1) is 0 Å². The van der Waals surface area contributed by atoms with Gasteiger partial charge in [-0.1, -0.05) is 44.2 Å². The first kappa shape index (κ1) is 11.6. The Bertz CT molecular complexity index is 323. The van der Waals surface area contributed by atoms with Crippen LogP contribution in [0.25, 0.3) is 0 Å². The first-order chi connectivity index (χ1) is 7.77. The molecule has 1 aromatic carbocycles. The number of hydrogen-bond acceptors (Lipinski definition) is 2. The van der Waals surface area contributed by atoms with Crippen molar-refractivity contribution >= 4 is 0 Å². The molecule has 1 aliphatic rings. The Labute approximate surface area is 98.8 Å². The molecule has 0 saturated carbocycles. The Balaban J connectivity index is 2.23. The van der Waals surface area contributed by atoms with Crippen molar-refractivity contribution in [3.8, 4) is 0 Å². The molecule has 0 N–H and O–H groups in total. The zero-order valence-corrected chi connectivity index (χ0v) is 10.6. The fourth-order valence-electron chi connectivity index (χ4n) is 2.88. The van der Waals surface area contributed by atoms with Gasteiger partial charge >= 0.3 is 0 Å². The number of hydrazine groups is 1. The van der Waals surface area contributed by atoms with Crippen molar-refractivity contribution in [3.63, 3.8) is 0 Å². The summed E-state index contributed by atoms with van der Waals surface area (Å²) < 4.78 is 0. The molecule has 0 aliphatic carbocycles. The lowest BCUT2D eigenvalue weighted by atomic mass is 10.0. The van der Waals surface area contributed by atoms with Crippen LogP contribution < -0.4 is 0 Å². The van der Waals surface area contributed by atoms with Gasteiger partial charge < -0.3 is 0 Å². The van der Waals surface area contributed by atoms with E-state index in [0.717, 1.165) is 13.1 Å². The van der Waals surface area contributed by atoms with Gasteiger partial charge in [-0.2, -0.15) is 0 Å². The first-order valence-electron chi connectivity index (χ1n) is 6.36. The topological polar surface area (TPSA) is 6.48 Å². The van der Waals surface area contributed by atoms with Gasteiger partial charge in [-0.25, -0.2) is 10.0 Å². The molecule has 0 aromatic heterocycles. The molecule has 88 valence electrons. The molecule has 2 nitrogen and oxygen atoms in total. The average molecular weight is 218 g/mol. The van der Waals surface area contributed by atoms with Crippen molar-refractivity contribution in [1.82, 2.24) is 10.0 Å². The van der Waals surface area contributed by atoms with Gasteiger partial charge in [0.1, 0.15) is 0 Å². The van der Waals surface area contributed by atoms with Crippen LogP contribution >= 0.6 is 0 Å². The maximum absolute atomic E-state index is 2.51. The lowest BCUT2D eigenvalue weighted by molar-refractivity contribution is -0.0143. The van der Waals surface area contributed by atoms with E-state index in [1.165, 1.54) is 12.0 Å². The van der Waals surface area contributed by atoms with E-state index in [1.807, 2.05) is 0 Å². The third-order valence-corrected chi connectivity index (χ3v) is 3.60. The molecule has 0 amide bonds. The quantitative estimate of drug-likeness (QED) is 0.769. The molecule has 16 heavy (non-hydrogen) atoms. The van der Waals surface area contributed by atoms with Gasteiger partial charge in [0.25, 0.3) is 0 Å². The summed E-state index contributed by atoms with van der Waals surface area (Å²) in [5.41, 5.74) is 1.45. The van der Waals surface area contributed by atoms with Crippen LogP contribution in [0.3, 0.4) is 0 Å². The van der Waals surface area contributed by atoms with E-state index in [0.29, 0.717) is 12.1 Å². The maximum atomic E-state index is 2.51. The molecule has 0 spiro atoms. The zero-order valence-electron chi connectivity index (χ0n) is 10.6.